The smallest absolute Gasteiger partial charge is 0.119 e. The number of hydrogen-bond acceptors (Lipinski definition) is 6. The Kier molecular flexibility index (Phi) is 5.56. The van der Waals surface area contributed by atoms with Crippen LogP contribution in [0, 0.1) is 22.7 Å². The van der Waals surface area contributed by atoms with Crippen LogP contribution in [-0.2, 0) is 0 Å². The normalized spacial score (nSPS) is 15.3. The van der Waals surface area contributed by atoms with Gasteiger partial charge < -0.3 is 16.2 Å². The molecule has 0 amide bonds. The van der Waals surface area contributed by atoms with Crippen LogP contribution in [-0.4, -0.2) is 6.61 Å². The molecule has 0 bridgehead atoms. The number of nitrogens with two attached hydrogens (primary N) is 2. The number of hydrogen-bond donors (Lipinski definition) is 2. The molecule has 0 saturated carbocycles. The highest BCUT2D eigenvalue weighted by atomic mass is 32.2. The zero-order valence-corrected chi connectivity index (χ0v) is 13.7. The molecular formula is C17H18N4OS. The highest BCUT2D eigenvalue weighted by Gasteiger charge is 2.31. The summed E-state index contributed by atoms with van der Waals surface area (Å²) >= 11 is 1.07. The number of nitriles is 2. The van der Waals surface area contributed by atoms with Crippen LogP contribution in [0.2, 0.25) is 0 Å². The van der Waals surface area contributed by atoms with Crippen molar-refractivity contribution in [2.24, 2.45) is 11.5 Å². The number of ether oxygens (including phenoxy) is 1. The third kappa shape index (κ3) is 3.61. The van der Waals surface area contributed by atoms with Crippen LogP contribution in [0.25, 0.3) is 0 Å². The van der Waals surface area contributed by atoms with E-state index in [2.05, 4.69) is 19.1 Å². The van der Waals surface area contributed by atoms with Gasteiger partial charge in [0.05, 0.1) is 45.9 Å². The summed E-state index contributed by atoms with van der Waals surface area (Å²) in [6, 6.07) is 11.6. The van der Waals surface area contributed by atoms with Gasteiger partial charge >= 0.3 is 0 Å². The van der Waals surface area contributed by atoms with Gasteiger partial charge in [0.15, 0.2) is 0 Å². The van der Waals surface area contributed by atoms with Gasteiger partial charge in [0.1, 0.15) is 5.75 Å². The molecular weight excluding hydrogens is 308 g/mol. The monoisotopic (exact) mass is 326 g/mol. The van der Waals surface area contributed by atoms with E-state index in [9.17, 15) is 10.5 Å². The Morgan fingerprint density at radius 3 is 2.13 bits per heavy atom. The molecule has 1 aliphatic heterocycles. The van der Waals surface area contributed by atoms with Crippen LogP contribution < -0.4 is 16.2 Å². The van der Waals surface area contributed by atoms with E-state index >= 15 is 0 Å². The summed E-state index contributed by atoms with van der Waals surface area (Å²) in [6.45, 7) is 2.77. The molecule has 0 spiro atoms. The largest absolute Gasteiger partial charge is 0.494 e. The first kappa shape index (κ1) is 16.8. The Bertz CT molecular complexity index is 686. The second-order valence-electron chi connectivity index (χ2n) is 5.09. The van der Waals surface area contributed by atoms with Crippen LogP contribution in [0.15, 0.2) is 45.5 Å². The molecule has 0 atom stereocenters. The summed E-state index contributed by atoms with van der Waals surface area (Å²) in [5.74, 6) is 0.245. The molecule has 0 aromatic heterocycles. The minimum absolute atomic E-state index is 0.345. The Morgan fingerprint density at radius 1 is 1.09 bits per heavy atom. The molecule has 1 aromatic rings. The molecule has 0 fully saturated rings. The summed E-state index contributed by atoms with van der Waals surface area (Å²) in [5.41, 5.74) is 13.3. The summed E-state index contributed by atoms with van der Waals surface area (Å²) in [6.07, 6.45) is 2.07. The predicted octanol–water partition coefficient (Wildman–Crippen LogP) is 3.08. The van der Waals surface area contributed by atoms with E-state index in [1.807, 2.05) is 24.3 Å². The van der Waals surface area contributed by atoms with Gasteiger partial charge in [0, 0.05) is 0 Å². The Balaban J connectivity index is 2.32. The van der Waals surface area contributed by atoms with Gasteiger partial charge in [-0.05, 0) is 24.1 Å². The predicted molar refractivity (Wildman–Crippen MR) is 90.8 cm³/mol. The summed E-state index contributed by atoms with van der Waals surface area (Å²) in [7, 11) is 0. The Hall–Kier alpha value is -2.57. The quantitative estimate of drug-likeness (QED) is 0.805. The van der Waals surface area contributed by atoms with E-state index in [1.54, 1.807) is 0 Å². The van der Waals surface area contributed by atoms with Crippen LogP contribution in [0.1, 0.15) is 31.2 Å². The SMILES string of the molecule is CCCCOc1ccc(C2C(C#N)=C(N)SC(N)=C2C#N)cc1. The molecule has 1 heterocycles. The lowest BCUT2D eigenvalue weighted by Gasteiger charge is -2.23. The minimum Gasteiger partial charge on any atom is -0.494 e. The first-order chi connectivity index (χ1) is 11.1. The Labute approximate surface area is 140 Å². The average molecular weight is 326 g/mol. The molecule has 0 radical (unpaired) electrons. The van der Waals surface area contributed by atoms with Crippen LogP contribution in [0.4, 0.5) is 0 Å². The minimum atomic E-state index is -0.518. The van der Waals surface area contributed by atoms with Gasteiger partial charge in [0.25, 0.3) is 0 Å². The molecule has 5 nitrogen and oxygen atoms in total. The van der Waals surface area contributed by atoms with Gasteiger partial charge in [-0.25, -0.2) is 0 Å². The Morgan fingerprint density at radius 2 is 1.65 bits per heavy atom. The van der Waals surface area contributed by atoms with Gasteiger partial charge in [-0.3, -0.25) is 0 Å². The van der Waals surface area contributed by atoms with Crippen molar-refractivity contribution < 1.29 is 4.74 Å². The maximum Gasteiger partial charge on any atom is 0.119 e. The molecule has 0 saturated heterocycles. The zero-order chi connectivity index (χ0) is 16.8. The zero-order valence-electron chi connectivity index (χ0n) is 12.9. The molecule has 1 aromatic carbocycles. The van der Waals surface area contributed by atoms with E-state index in [1.165, 1.54) is 0 Å². The maximum atomic E-state index is 9.39. The van der Waals surface area contributed by atoms with Crippen molar-refractivity contribution in [1.29, 1.82) is 10.5 Å². The van der Waals surface area contributed by atoms with Crippen LogP contribution in [0.3, 0.4) is 0 Å². The molecule has 0 aliphatic carbocycles. The highest BCUT2D eigenvalue weighted by molar-refractivity contribution is 8.06. The molecule has 0 unspecified atom stereocenters. The topological polar surface area (TPSA) is 109 Å². The van der Waals surface area contributed by atoms with E-state index in [0.717, 1.165) is 35.9 Å². The third-order valence-electron chi connectivity index (χ3n) is 3.55. The van der Waals surface area contributed by atoms with E-state index in [0.29, 0.717) is 27.8 Å². The number of rotatable bonds is 5. The third-order valence-corrected chi connectivity index (χ3v) is 4.43. The van der Waals surface area contributed by atoms with Crippen molar-refractivity contribution in [3.8, 4) is 17.9 Å². The van der Waals surface area contributed by atoms with E-state index in [4.69, 9.17) is 16.2 Å². The fourth-order valence-corrected chi connectivity index (χ4v) is 3.10. The van der Waals surface area contributed by atoms with Crippen LogP contribution >= 0.6 is 11.8 Å². The maximum absolute atomic E-state index is 9.39. The second-order valence-corrected chi connectivity index (χ2v) is 6.17. The molecule has 118 valence electrons. The molecule has 4 N–H and O–H groups in total. The fraction of sp³-hybridized carbons (Fsp3) is 0.294. The molecule has 2 rings (SSSR count). The number of benzene rings is 1. The number of thioether (sulfide) groups is 1. The lowest BCUT2D eigenvalue weighted by molar-refractivity contribution is 0.309. The second kappa shape index (κ2) is 7.62. The standard InChI is InChI=1S/C17H18N4OS/c1-2-3-8-22-12-6-4-11(5-7-12)15-13(9-18)16(20)23-17(21)14(15)10-19/h4-7,15H,2-3,8,20-21H2,1H3. The number of unbranched alkanes of at least 4 members (excludes halogenated alkanes) is 1. The van der Waals surface area contributed by atoms with Gasteiger partial charge in [-0.1, -0.05) is 37.2 Å². The van der Waals surface area contributed by atoms with E-state index in [-0.39, 0.29) is 0 Å². The summed E-state index contributed by atoms with van der Waals surface area (Å²) < 4.78 is 5.63. The first-order valence-corrected chi connectivity index (χ1v) is 8.14. The highest BCUT2D eigenvalue weighted by Crippen LogP contribution is 2.42. The molecule has 1 aliphatic rings. The first-order valence-electron chi connectivity index (χ1n) is 7.32. The van der Waals surface area contributed by atoms with Crippen molar-refractivity contribution >= 4 is 11.8 Å². The van der Waals surface area contributed by atoms with Gasteiger partial charge in [0.2, 0.25) is 0 Å². The van der Waals surface area contributed by atoms with Gasteiger partial charge in [-0.2, -0.15) is 10.5 Å². The molecule has 6 heteroatoms. The van der Waals surface area contributed by atoms with Gasteiger partial charge in [-0.15, -0.1) is 0 Å². The van der Waals surface area contributed by atoms with Crippen molar-refractivity contribution in [3.63, 3.8) is 0 Å². The number of allylic oxidation sites excluding steroid dienone is 2. The van der Waals surface area contributed by atoms with Crippen molar-refractivity contribution in [2.75, 3.05) is 6.61 Å². The lowest BCUT2D eigenvalue weighted by Crippen LogP contribution is -2.18. The fourth-order valence-electron chi connectivity index (χ4n) is 2.32. The van der Waals surface area contributed by atoms with Crippen molar-refractivity contribution in [3.05, 3.63) is 51.0 Å². The summed E-state index contributed by atoms with van der Waals surface area (Å²) in [4.78, 5) is 0. The lowest BCUT2D eigenvalue weighted by atomic mass is 9.86. The van der Waals surface area contributed by atoms with E-state index < -0.39 is 5.92 Å². The van der Waals surface area contributed by atoms with Crippen molar-refractivity contribution in [2.45, 2.75) is 25.7 Å². The average Bonchev–Trinajstić information content (AvgIpc) is 2.55. The van der Waals surface area contributed by atoms with Crippen molar-refractivity contribution in [1.82, 2.24) is 0 Å². The summed E-state index contributed by atoms with van der Waals surface area (Å²) in [5, 5.41) is 19.5. The molecule has 23 heavy (non-hydrogen) atoms. The number of nitrogens with zero attached hydrogens (tertiary/aromatic N) is 2. The van der Waals surface area contributed by atoms with Crippen LogP contribution in [0.5, 0.6) is 5.75 Å².